The second kappa shape index (κ2) is 7.75. The molecule has 0 bridgehead atoms. The summed E-state index contributed by atoms with van der Waals surface area (Å²) in [6.45, 7) is 8.07. The monoisotopic (exact) mass is 302 g/mol. The summed E-state index contributed by atoms with van der Waals surface area (Å²) in [7, 11) is 0. The average molecular weight is 303 g/mol. The van der Waals surface area contributed by atoms with Gasteiger partial charge in [-0.25, -0.2) is 0 Å². The van der Waals surface area contributed by atoms with Crippen LogP contribution in [0.25, 0.3) is 0 Å². The summed E-state index contributed by atoms with van der Waals surface area (Å²) in [6.07, 6.45) is 8.47. The minimum absolute atomic E-state index is 0.954. The third-order valence-electron chi connectivity index (χ3n) is 4.27. The first kappa shape index (κ1) is 13.8. The highest BCUT2D eigenvalue weighted by Gasteiger charge is 2.19. The number of nitrogens with zero attached hydrogens (tertiary/aromatic N) is 2. The molecule has 2 heterocycles. The molecule has 2 nitrogen and oxygen atoms in total. The van der Waals surface area contributed by atoms with Crippen LogP contribution in [0.15, 0.2) is 0 Å². The normalized spacial score (nSPS) is 27.7. The van der Waals surface area contributed by atoms with Gasteiger partial charge in [-0.3, -0.25) is 0 Å². The molecule has 0 saturated carbocycles. The van der Waals surface area contributed by atoms with Gasteiger partial charge in [0, 0.05) is 11.9 Å². The van der Waals surface area contributed by atoms with E-state index in [1.807, 2.05) is 0 Å². The van der Waals surface area contributed by atoms with Gasteiger partial charge in [0.15, 0.2) is 0 Å². The number of rotatable bonds is 6. The van der Waals surface area contributed by atoms with Crippen molar-refractivity contribution in [2.24, 2.45) is 5.92 Å². The van der Waals surface area contributed by atoms with Crippen LogP contribution in [0.1, 0.15) is 38.5 Å². The molecule has 0 aromatic carbocycles. The largest absolute Gasteiger partial charge is 0.303 e. The fourth-order valence-electron chi connectivity index (χ4n) is 3.27. The van der Waals surface area contributed by atoms with Crippen LogP contribution >= 0.6 is 15.9 Å². The maximum absolute atomic E-state index is 3.58. The molecule has 3 heteroatoms. The standard InChI is InChI=1S/C14H27BrN2/c15-7-6-14-5-3-10-17(13-14)12-4-11-16-8-1-2-9-16/h14H,1-13H2. The van der Waals surface area contributed by atoms with Crippen LogP contribution in [0.5, 0.6) is 0 Å². The molecule has 0 aliphatic carbocycles. The van der Waals surface area contributed by atoms with E-state index in [9.17, 15) is 0 Å². The molecule has 0 radical (unpaired) electrons. The quantitative estimate of drug-likeness (QED) is 0.696. The third kappa shape index (κ3) is 4.88. The number of likely N-dealkylation sites (tertiary alicyclic amines) is 2. The lowest BCUT2D eigenvalue weighted by molar-refractivity contribution is 0.164. The zero-order valence-corrected chi connectivity index (χ0v) is 12.6. The van der Waals surface area contributed by atoms with Crippen LogP contribution < -0.4 is 0 Å². The topological polar surface area (TPSA) is 6.48 Å². The van der Waals surface area contributed by atoms with Gasteiger partial charge in [-0.2, -0.15) is 0 Å². The fourth-order valence-corrected chi connectivity index (χ4v) is 3.92. The molecule has 1 unspecified atom stereocenters. The van der Waals surface area contributed by atoms with E-state index in [2.05, 4.69) is 25.7 Å². The summed E-state index contributed by atoms with van der Waals surface area (Å²) in [5, 5.41) is 1.18. The number of halogens is 1. The Morgan fingerprint density at radius 2 is 1.65 bits per heavy atom. The van der Waals surface area contributed by atoms with Crippen molar-refractivity contribution < 1.29 is 0 Å². The smallest absolute Gasteiger partial charge is 0.00344 e. The number of hydrogen-bond acceptors (Lipinski definition) is 2. The highest BCUT2D eigenvalue weighted by molar-refractivity contribution is 9.09. The van der Waals surface area contributed by atoms with Crippen LogP contribution in [0.4, 0.5) is 0 Å². The van der Waals surface area contributed by atoms with E-state index >= 15 is 0 Å². The SMILES string of the molecule is BrCCC1CCCN(CCCN2CCCC2)C1. The van der Waals surface area contributed by atoms with Gasteiger partial charge in [-0.1, -0.05) is 15.9 Å². The first-order valence-corrected chi connectivity index (χ1v) is 8.51. The van der Waals surface area contributed by atoms with Crippen molar-refractivity contribution in [3.05, 3.63) is 0 Å². The van der Waals surface area contributed by atoms with Crippen molar-refractivity contribution in [1.82, 2.24) is 9.80 Å². The van der Waals surface area contributed by atoms with E-state index in [0.717, 1.165) is 5.92 Å². The molecule has 17 heavy (non-hydrogen) atoms. The predicted octanol–water partition coefficient (Wildman–Crippen LogP) is 2.97. The van der Waals surface area contributed by atoms with Gasteiger partial charge < -0.3 is 9.80 Å². The summed E-state index contributed by atoms with van der Waals surface area (Å²) in [5.41, 5.74) is 0. The summed E-state index contributed by atoms with van der Waals surface area (Å²) >= 11 is 3.58. The maximum atomic E-state index is 3.58. The highest BCUT2D eigenvalue weighted by Crippen LogP contribution is 2.20. The lowest BCUT2D eigenvalue weighted by Crippen LogP contribution is -2.37. The van der Waals surface area contributed by atoms with Crippen LogP contribution in [-0.4, -0.2) is 54.4 Å². The minimum Gasteiger partial charge on any atom is -0.303 e. The van der Waals surface area contributed by atoms with Crippen molar-refractivity contribution >= 4 is 15.9 Å². The predicted molar refractivity (Wildman–Crippen MR) is 77.9 cm³/mol. The van der Waals surface area contributed by atoms with Crippen LogP contribution in [0, 0.1) is 5.92 Å². The molecule has 2 fully saturated rings. The Kier molecular flexibility index (Phi) is 6.30. The maximum Gasteiger partial charge on any atom is 0.00344 e. The van der Waals surface area contributed by atoms with E-state index < -0.39 is 0 Å². The first-order chi connectivity index (χ1) is 8.38. The van der Waals surface area contributed by atoms with Crippen molar-refractivity contribution in [2.45, 2.75) is 38.5 Å². The number of piperidine rings is 1. The van der Waals surface area contributed by atoms with Gasteiger partial charge in [0.1, 0.15) is 0 Å². The van der Waals surface area contributed by atoms with Gasteiger partial charge in [-0.05, 0) is 77.2 Å². The minimum atomic E-state index is 0.954. The van der Waals surface area contributed by atoms with Gasteiger partial charge in [-0.15, -0.1) is 0 Å². The Bertz CT molecular complexity index is 202. The zero-order chi connectivity index (χ0) is 11.9. The average Bonchev–Trinajstić information content (AvgIpc) is 2.83. The Labute approximate surface area is 115 Å². The molecule has 2 saturated heterocycles. The Balaban J connectivity index is 1.58. The second-order valence-electron chi connectivity index (χ2n) is 5.69. The summed E-state index contributed by atoms with van der Waals surface area (Å²) in [6, 6.07) is 0. The van der Waals surface area contributed by atoms with Crippen molar-refractivity contribution in [3.8, 4) is 0 Å². The molecule has 2 rings (SSSR count). The molecule has 1 atom stereocenters. The molecular weight excluding hydrogens is 276 g/mol. The second-order valence-corrected chi connectivity index (χ2v) is 6.48. The first-order valence-electron chi connectivity index (χ1n) is 7.39. The molecule has 0 aromatic rings. The van der Waals surface area contributed by atoms with Gasteiger partial charge in [0.05, 0.1) is 0 Å². The van der Waals surface area contributed by atoms with Crippen molar-refractivity contribution in [2.75, 3.05) is 44.6 Å². The van der Waals surface area contributed by atoms with Gasteiger partial charge >= 0.3 is 0 Å². The summed E-state index contributed by atoms with van der Waals surface area (Å²) in [4.78, 5) is 5.34. The lowest BCUT2D eigenvalue weighted by Gasteiger charge is -2.32. The molecule has 2 aliphatic rings. The van der Waals surface area contributed by atoms with Crippen molar-refractivity contribution in [3.63, 3.8) is 0 Å². The lowest BCUT2D eigenvalue weighted by atomic mass is 9.95. The van der Waals surface area contributed by atoms with Crippen molar-refractivity contribution in [1.29, 1.82) is 0 Å². The highest BCUT2D eigenvalue weighted by atomic mass is 79.9. The van der Waals surface area contributed by atoms with E-state index in [0.29, 0.717) is 0 Å². The van der Waals surface area contributed by atoms with Crippen LogP contribution in [0.2, 0.25) is 0 Å². The molecule has 0 N–H and O–H groups in total. The van der Waals surface area contributed by atoms with E-state index in [-0.39, 0.29) is 0 Å². The Morgan fingerprint density at radius 3 is 2.41 bits per heavy atom. The molecular formula is C14H27BrN2. The molecule has 0 aromatic heterocycles. The summed E-state index contributed by atoms with van der Waals surface area (Å²) < 4.78 is 0. The molecule has 2 aliphatic heterocycles. The third-order valence-corrected chi connectivity index (χ3v) is 4.73. The molecule has 100 valence electrons. The Hall–Kier alpha value is 0.400. The van der Waals surface area contributed by atoms with Gasteiger partial charge in [0.25, 0.3) is 0 Å². The summed E-state index contributed by atoms with van der Waals surface area (Å²) in [5.74, 6) is 0.954. The zero-order valence-electron chi connectivity index (χ0n) is 11.0. The van der Waals surface area contributed by atoms with Gasteiger partial charge in [0.2, 0.25) is 0 Å². The van der Waals surface area contributed by atoms with E-state index in [1.165, 1.54) is 83.1 Å². The van der Waals surface area contributed by atoms with E-state index in [1.54, 1.807) is 0 Å². The van der Waals surface area contributed by atoms with Crippen LogP contribution in [-0.2, 0) is 0 Å². The molecule has 0 spiro atoms. The number of alkyl halides is 1. The number of hydrogen-bond donors (Lipinski definition) is 0. The van der Waals surface area contributed by atoms with Crippen LogP contribution in [0.3, 0.4) is 0 Å². The molecule has 0 amide bonds. The van der Waals surface area contributed by atoms with E-state index in [4.69, 9.17) is 0 Å². The Morgan fingerprint density at radius 1 is 0.941 bits per heavy atom. The fraction of sp³-hybridized carbons (Fsp3) is 1.00.